The van der Waals surface area contributed by atoms with E-state index in [2.05, 4.69) is 16.7 Å². The van der Waals surface area contributed by atoms with E-state index in [0.29, 0.717) is 5.84 Å². The lowest BCUT2D eigenvalue weighted by molar-refractivity contribution is 1.41. The van der Waals surface area contributed by atoms with E-state index in [1.807, 2.05) is 58.0 Å². The predicted molar refractivity (Wildman–Crippen MR) is 73.4 cm³/mol. The second-order valence-corrected chi connectivity index (χ2v) is 2.96. The fourth-order valence-electron chi connectivity index (χ4n) is 1.14. The molecule has 86 valence electrons. The van der Waals surface area contributed by atoms with Crippen molar-refractivity contribution in [1.82, 2.24) is 0 Å². The Labute approximate surface area is 98.5 Å². The Morgan fingerprint density at radius 2 is 2.00 bits per heavy atom. The molecule has 0 unspecified atom stereocenters. The van der Waals surface area contributed by atoms with Gasteiger partial charge >= 0.3 is 0 Å². The molecule has 0 saturated heterocycles. The molecule has 2 nitrogen and oxygen atoms in total. The summed E-state index contributed by atoms with van der Waals surface area (Å²) in [6, 6.07) is 8.04. The Morgan fingerprint density at radius 1 is 1.31 bits per heavy atom. The first-order valence-corrected chi connectivity index (χ1v) is 5.50. The Hall–Kier alpha value is -1.70. The van der Waals surface area contributed by atoms with E-state index in [4.69, 9.17) is 0 Å². The van der Waals surface area contributed by atoms with Gasteiger partial charge in [-0.1, -0.05) is 43.7 Å². The van der Waals surface area contributed by atoms with Crippen molar-refractivity contribution in [3.05, 3.63) is 47.7 Å². The van der Waals surface area contributed by atoms with Gasteiger partial charge < -0.3 is 0 Å². The number of hydrogen-bond acceptors (Lipinski definition) is 1. The molecule has 0 aromatic heterocycles. The molecule has 0 amide bonds. The monoisotopic (exact) mass is 216 g/mol. The summed E-state index contributed by atoms with van der Waals surface area (Å²) in [6.07, 6.45) is 3.58. The van der Waals surface area contributed by atoms with Gasteiger partial charge in [-0.25, -0.2) is 9.98 Å². The van der Waals surface area contributed by atoms with E-state index in [-0.39, 0.29) is 0 Å². The van der Waals surface area contributed by atoms with Gasteiger partial charge in [-0.2, -0.15) is 0 Å². The number of rotatable bonds is 2. The molecule has 0 spiro atoms. The van der Waals surface area contributed by atoms with E-state index in [1.54, 1.807) is 6.20 Å². The topological polar surface area (TPSA) is 24.7 Å². The van der Waals surface area contributed by atoms with Gasteiger partial charge in [-0.15, -0.1) is 0 Å². The maximum absolute atomic E-state index is 4.18. The van der Waals surface area contributed by atoms with Crippen LogP contribution in [0.5, 0.6) is 0 Å². The van der Waals surface area contributed by atoms with Crippen LogP contribution < -0.4 is 0 Å². The molecule has 0 N–H and O–H groups in total. The molecule has 0 radical (unpaired) electrons. The maximum atomic E-state index is 4.18. The third kappa shape index (κ3) is 4.69. The average Bonchev–Trinajstić information content (AvgIpc) is 2.33. The highest BCUT2D eigenvalue weighted by atomic mass is 14.9. The van der Waals surface area contributed by atoms with Crippen LogP contribution in [0.1, 0.15) is 31.9 Å². The smallest absolute Gasteiger partial charge is 0.158 e. The van der Waals surface area contributed by atoms with Gasteiger partial charge in [-0.3, -0.25) is 0 Å². The summed E-state index contributed by atoms with van der Waals surface area (Å²) in [5, 5.41) is 0. The van der Waals surface area contributed by atoms with Crippen LogP contribution in [0.25, 0.3) is 0 Å². The van der Waals surface area contributed by atoms with Gasteiger partial charge in [0.1, 0.15) is 0 Å². The lowest BCUT2D eigenvalue weighted by Crippen LogP contribution is -1.95. The number of hydrogen-bond donors (Lipinski definition) is 0. The fraction of sp³-hybridized carbons (Fsp3) is 0.286. The molecule has 0 heterocycles. The molecule has 0 atom stereocenters. The van der Waals surface area contributed by atoms with Gasteiger partial charge in [0.05, 0.1) is 0 Å². The van der Waals surface area contributed by atoms with Crippen molar-refractivity contribution in [2.45, 2.75) is 27.7 Å². The normalized spacial score (nSPS) is 10.9. The highest BCUT2D eigenvalue weighted by molar-refractivity contribution is 6.01. The summed E-state index contributed by atoms with van der Waals surface area (Å²) in [5.74, 6) is 0.659. The van der Waals surface area contributed by atoms with Crippen molar-refractivity contribution in [2.24, 2.45) is 9.98 Å². The minimum absolute atomic E-state index is 0.659. The van der Waals surface area contributed by atoms with Crippen molar-refractivity contribution < 1.29 is 0 Å². The Kier molecular flexibility index (Phi) is 7.68. The van der Waals surface area contributed by atoms with Crippen LogP contribution in [0.15, 0.2) is 46.5 Å². The first-order valence-electron chi connectivity index (χ1n) is 5.50. The largest absolute Gasteiger partial charge is 0.245 e. The highest BCUT2D eigenvalue weighted by Gasteiger charge is 1.98. The SMILES string of the molecule is C=NC(=N/C=C\C)c1cccc(C)c1.CC. The summed E-state index contributed by atoms with van der Waals surface area (Å²) in [6.45, 7) is 11.5. The number of aliphatic imine (C=N–C) groups is 2. The van der Waals surface area contributed by atoms with Crippen molar-refractivity contribution in [3.63, 3.8) is 0 Å². The number of nitrogens with zero attached hydrogens (tertiary/aromatic N) is 2. The van der Waals surface area contributed by atoms with E-state index in [0.717, 1.165) is 5.56 Å². The molecule has 2 heteroatoms. The minimum atomic E-state index is 0.659. The van der Waals surface area contributed by atoms with Crippen LogP contribution in [-0.2, 0) is 0 Å². The van der Waals surface area contributed by atoms with Gasteiger partial charge in [0.15, 0.2) is 5.84 Å². The number of amidine groups is 1. The molecule has 0 bridgehead atoms. The average molecular weight is 216 g/mol. The van der Waals surface area contributed by atoms with Gasteiger partial charge in [0.25, 0.3) is 0 Å². The molecule has 16 heavy (non-hydrogen) atoms. The minimum Gasteiger partial charge on any atom is -0.245 e. The van der Waals surface area contributed by atoms with Crippen LogP contribution >= 0.6 is 0 Å². The summed E-state index contributed by atoms with van der Waals surface area (Å²) in [4.78, 5) is 8.06. The molecular formula is C14H20N2. The zero-order chi connectivity index (χ0) is 12.4. The zero-order valence-corrected chi connectivity index (χ0v) is 10.6. The van der Waals surface area contributed by atoms with Crippen LogP contribution in [0.3, 0.4) is 0 Å². The van der Waals surface area contributed by atoms with Crippen molar-refractivity contribution >= 4 is 12.6 Å². The third-order valence-corrected chi connectivity index (χ3v) is 1.77. The second-order valence-electron chi connectivity index (χ2n) is 2.96. The lowest BCUT2D eigenvalue weighted by atomic mass is 10.1. The van der Waals surface area contributed by atoms with Gasteiger partial charge in [0.2, 0.25) is 0 Å². The molecule has 0 saturated carbocycles. The van der Waals surface area contributed by atoms with E-state index >= 15 is 0 Å². The fourth-order valence-corrected chi connectivity index (χ4v) is 1.14. The number of allylic oxidation sites excluding steroid dienone is 1. The van der Waals surface area contributed by atoms with Crippen LogP contribution in [-0.4, -0.2) is 12.6 Å². The van der Waals surface area contributed by atoms with Gasteiger partial charge in [-0.05, 0) is 26.6 Å². The first-order chi connectivity index (χ1) is 7.77. The number of benzene rings is 1. The Balaban J connectivity index is 0.00000106. The molecule has 1 rings (SSSR count). The van der Waals surface area contributed by atoms with Crippen LogP contribution in [0.4, 0.5) is 0 Å². The summed E-state index contributed by atoms with van der Waals surface area (Å²) in [7, 11) is 0. The summed E-state index contributed by atoms with van der Waals surface area (Å²) in [5.41, 5.74) is 2.19. The Bertz CT molecular complexity index is 376. The number of aryl methyl sites for hydroxylation is 1. The predicted octanol–water partition coefficient (Wildman–Crippen LogP) is 4.00. The third-order valence-electron chi connectivity index (χ3n) is 1.77. The van der Waals surface area contributed by atoms with Crippen LogP contribution in [0.2, 0.25) is 0 Å². The second kappa shape index (κ2) is 8.60. The van der Waals surface area contributed by atoms with Crippen LogP contribution in [0, 0.1) is 6.92 Å². The van der Waals surface area contributed by atoms with E-state index < -0.39 is 0 Å². The molecule has 1 aromatic rings. The zero-order valence-electron chi connectivity index (χ0n) is 10.6. The lowest BCUT2D eigenvalue weighted by Gasteiger charge is -2.00. The highest BCUT2D eigenvalue weighted by Crippen LogP contribution is 2.06. The molecular weight excluding hydrogens is 196 g/mol. The van der Waals surface area contributed by atoms with Crippen molar-refractivity contribution in [2.75, 3.05) is 0 Å². The molecule has 1 aromatic carbocycles. The molecule has 0 aliphatic carbocycles. The standard InChI is InChI=1S/C12H14N2.C2H6/c1-4-8-14-12(13-3)11-7-5-6-10(2)9-11;1-2/h4-9H,3H2,1-2H3;1-2H3/b8-4-,14-12?;. The summed E-state index contributed by atoms with van der Waals surface area (Å²) >= 11 is 0. The Morgan fingerprint density at radius 3 is 2.50 bits per heavy atom. The van der Waals surface area contributed by atoms with Gasteiger partial charge in [0, 0.05) is 11.8 Å². The van der Waals surface area contributed by atoms with E-state index in [9.17, 15) is 0 Å². The van der Waals surface area contributed by atoms with Crippen molar-refractivity contribution in [3.8, 4) is 0 Å². The maximum Gasteiger partial charge on any atom is 0.158 e. The summed E-state index contributed by atoms with van der Waals surface area (Å²) < 4.78 is 0. The molecule has 0 fully saturated rings. The van der Waals surface area contributed by atoms with E-state index in [1.165, 1.54) is 5.56 Å². The quantitative estimate of drug-likeness (QED) is 0.527. The van der Waals surface area contributed by atoms with Crippen molar-refractivity contribution in [1.29, 1.82) is 0 Å². The molecule has 0 aliphatic rings. The first kappa shape index (κ1) is 14.3. The molecule has 0 aliphatic heterocycles.